The summed E-state index contributed by atoms with van der Waals surface area (Å²) < 4.78 is 32.8. The van der Waals surface area contributed by atoms with E-state index in [1.54, 1.807) is 29.8 Å². The van der Waals surface area contributed by atoms with E-state index < -0.39 is 22.0 Å². The number of imide groups is 1. The largest absolute Gasteiger partial charge is 0.370 e. The number of hydrogen-bond acceptors (Lipinski definition) is 6. The first-order valence-corrected chi connectivity index (χ1v) is 15.8. The average Bonchev–Trinajstić information content (AvgIpc) is 3.15. The quantitative estimate of drug-likeness (QED) is 0.418. The van der Waals surface area contributed by atoms with Gasteiger partial charge in [0.2, 0.25) is 21.8 Å². The van der Waals surface area contributed by atoms with Crippen LogP contribution in [0.4, 0.5) is 5.69 Å². The van der Waals surface area contributed by atoms with Crippen molar-refractivity contribution in [1.29, 1.82) is 0 Å². The standard InChI is InChI=1S/C28H32BrN5O5S/c1-17-14-19(6-7-20(17)29)40(38,39)31-18-15-28(16-18)10-12-33(13-11-28)21-4-3-5-22-25(21)32(2)27(37)34(22)23-8-9-24(35)30-26(23)36/h3-7,14,18,23,31H,8-13,15-16H2,1-2H3,(H,30,35,36). The lowest BCUT2D eigenvalue weighted by Crippen LogP contribution is -2.54. The molecule has 212 valence electrons. The third kappa shape index (κ3) is 4.59. The molecule has 10 nitrogen and oxygen atoms in total. The Labute approximate surface area is 240 Å². The number of imidazole rings is 1. The maximum atomic E-state index is 13.3. The minimum Gasteiger partial charge on any atom is -0.370 e. The van der Waals surface area contributed by atoms with E-state index in [1.807, 2.05) is 25.1 Å². The molecule has 2 amide bonds. The summed E-state index contributed by atoms with van der Waals surface area (Å²) in [5.41, 5.74) is 3.11. The van der Waals surface area contributed by atoms with Crippen molar-refractivity contribution in [2.24, 2.45) is 12.5 Å². The molecule has 0 radical (unpaired) electrons. The molecular weight excluding hydrogens is 598 g/mol. The zero-order valence-corrected chi connectivity index (χ0v) is 24.8. The van der Waals surface area contributed by atoms with Crippen molar-refractivity contribution < 1.29 is 18.0 Å². The number of nitrogens with one attached hydrogen (secondary N) is 2. The van der Waals surface area contributed by atoms with Crippen molar-refractivity contribution in [3.05, 3.63) is 56.9 Å². The molecular formula is C28H32BrN5O5S. The molecule has 2 aliphatic heterocycles. The Morgan fingerprint density at radius 2 is 1.80 bits per heavy atom. The van der Waals surface area contributed by atoms with Crippen LogP contribution in [0.3, 0.4) is 0 Å². The third-order valence-corrected chi connectivity index (χ3v) is 11.3. The summed E-state index contributed by atoms with van der Waals surface area (Å²) in [5.74, 6) is -0.756. The Hall–Kier alpha value is -2.96. The van der Waals surface area contributed by atoms with Gasteiger partial charge in [-0.3, -0.25) is 24.0 Å². The van der Waals surface area contributed by atoms with E-state index in [4.69, 9.17) is 0 Å². The minimum absolute atomic E-state index is 0.0766. The molecule has 6 rings (SSSR count). The van der Waals surface area contributed by atoms with Crippen LogP contribution in [0, 0.1) is 12.3 Å². The van der Waals surface area contributed by atoms with E-state index in [-0.39, 0.29) is 34.4 Å². The third-order valence-electron chi connectivity index (χ3n) is 8.89. The number of anilines is 1. The summed E-state index contributed by atoms with van der Waals surface area (Å²) in [6.45, 7) is 3.46. The number of carbonyl (C=O) groups is 2. The highest BCUT2D eigenvalue weighted by molar-refractivity contribution is 9.10. The van der Waals surface area contributed by atoms with Gasteiger partial charge in [0.1, 0.15) is 6.04 Å². The molecule has 3 aromatic rings. The number of hydrogen-bond donors (Lipinski definition) is 2. The normalized spacial score (nSPS) is 21.6. The Morgan fingerprint density at radius 3 is 2.48 bits per heavy atom. The number of nitrogens with zero attached hydrogens (tertiary/aromatic N) is 3. The van der Waals surface area contributed by atoms with E-state index in [9.17, 15) is 22.8 Å². The summed E-state index contributed by atoms with van der Waals surface area (Å²) in [7, 11) is -1.86. The molecule has 2 N–H and O–H groups in total. The maximum absolute atomic E-state index is 13.3. The van der Waals surface area contributed by atoms with Crippen molar-refractivity contribution in [1.82, 2.24) is 19.2 Å². The predicted octanol–water partition coefficient (Wildman–Crippen LogP) is 3.12. The van der Waals surface area contributed by atoms with Crippen LogP contribution >= 0.6 is 15.9 Å². The monoisotopic (exact) mass is 629 g/mol. The number of halogens is 1. The summed E-state index contributed by atoms with van der Waals surface area (Å²) in [6.07, 6.45) is 3.98. The van der Waals surface area contributed by atoms with Gasteiger partial charge in [-0.15, -0.1) is 0 Å². The van der Waals surface area contributed by atoms with Gasteiger partial charge in [0.05, 0.1) is 21.6 Å². The van der Waals surface area contributed by atoms with E-state index >= 15 is 0 Å². The van der Waals surface area contributed by atoms with Crippen LogP contribution in [0.15, 0.2) is 50.6 Å². The lowest BCUT2D eigenvalue weighted by atomic mass is 9.60. The molecule has 1 saturated carbocycles. The Balaban J connectivity index is 1.16. The summed E-state index contributed by atoms with van der Waals surface area (Å²) in [5, 5.41) is 2.36. The van der Waals surface area contributed by atoms with Crippen LogP contribution < -0.4 is 20.6 Å². The molecule has 40 heavy (non-hydrogen) atoms. The molecule has 1 unspecified atom stereocenters. The smallest absolute Gasteiger partial charge is 0.329 e. The van der Waals surface area contributed by atoms with Gasteiger partial charge in [-0.2, -0.15) is 0 Å². The Kier molecular flexibility index (Phi) is 6.70. The van der Waals surface area contributed by atoms with E-state index in [1.165, 1.54) is 4.57 Å². The molecule has 3 heterocycles. The van der Waals surface area contributed by atoms with Gasteiger partial charge in [0.15, 0.2) is 0 Å². The molecule has 12 heteroatoms. The van der Waals surface area contributed by atoms with Crippen molar-refractivity contribution in [3.63, 3.8) is 0 Å². The highest BCUT2D eigenvalue weighted by Gasteiger charge is 2.47. The van der Waals surface area contributed by atoms with Crippen molar-refractivity contribution in [2.75, 3.05) is 18.0 Å². The fraction of sp³-hybridized carbons (Fsp3) is 0.464. The SMILES string of the molecule is Cc1cc(S(=O)(=O)NC2CC3(CCN(c4cccc5c4n(C)c(=O)n5C4CCC(=O)NC4=O)CC3)C2)ccc1Br. The van der Waals surface area contributed by atoms with Gasteiger partial charge in [0.25, 0.3) is 0 Å². The first kappa shape index (κ1) is 27.2. The highest BCUT2D eigenvalue weighted by atomic mass is 79.9. The first-order valence-electron chi connectivity index (χ1n) is 13.6. The second kappa shape index (κ2) is 9.85. The van der Waals surface area contributed by atoms with Crippen LogP contribution in [0.1, 0.15) is 50.1 Å². The van der Waals surface area contributed by atoms with Gasteiger partial charge in [-0.1, -0.05) is 22.0 Å². The predicted molar refractivity (Wildman–Crippen MR) is 155 cm³/mol. The molecule has 1 spiro atoms. The molecule has 1 aliphatic carbocycles. The van der Waals surface area contributed by atoms with E-state index in [0.717, 1.165) is 60.0 Å². The fourth-order valence-corrected chi connectivity index (χ4v) is 8.24. The summed E-state index contributed by atoms with van der Waals surface area (Å²) in [4.78, 5) is 40.1. The average molecular weight is 631 g/mol. The van der Waals surface area contributed by atoms with Crippen molar-refractivity contribution >= 4 is 54.5 Å². The van der Waals surface area contributed by atoms with Crippen LogP contribution in [0.5, 0.6) is 0 Å². The zero-order valence-electron chi connectivity index (χ0n) is 22.4. The van der Waals surface area contributed by atoms with Crippen LogP contribution in [-0.2, 0) is 26.7 Å². The number of rotatable bonds is 5. The molecule has 3 fully saturated rings. The van der Waals surface area contributed by atoms with Crippen molar-refractivity contribution in [3.8, 4) is 0 Å². The zero-order chi connectivity index (χ0) is 28.4. The van der Waals surface area contributed by atoms with E-state index in [2.05, 4.69) is 30.9 Å². The number of aryl methyl sites for hydroxylation is 2. The second-order valence-corrected chi connectivity index (χ2v) is 14.0. The number of piperidine rings is 2. The Morgan fingerprint density at radius 1 is 1.07 bits per heavy atom. The maximum Gasteiger partial charge on any atom is 0.329 e. The lowest BCUT2D eigenvalue weighted by Gasteiger charge is -2.52. The summed E-state index contributed by atoms with van der Waals surface area (Å²) >= 11 is 3.42. The van der Waals surface area contributed by atoms with Crippen LogP contribution in [-0.4, -0.2) is 48.5 Å². The number of para-hydroxylation sites is 1. The first-order chi connectivity index (χ1) is 19.0. The Bertz CT molecular complexity index is 1700. The summed E-state index contributed by atoms with van der Waals surface area (Å²) in [6, 6.07) is 10.0. The van der Waals surface area contributed by atoms with Gasteiger partial charge in [-0.05, 0) is 80.3 Å². The second-order valence-electron chi connectivity index (χ2n) is 11.4. The number of aromatic nitrogens is 2. The van der Waals surface area contributed by atoms with Crippen molar-refractivity contribution in [2.45, 2.75) is 62.4 Å². The number of fused-ring (bicyclic) bond motifs is 1. The molecule has 0 bridgehead atoms. The topological polar surface area (TPSA) is 123 Å². The lowest BCUT2D eigenvalue weighted by molar-refractivity contribution is -0.135. The molecule has 1 aromatic heterocycles. The van der Waals surface area contributed by atoms with Gasteiger partial charge < -0.3 is 4.90 Å². The number of carbonyl (C=O) groups excluding carboxylic acids is 2. The molecule has 3 aliphatic rings. The molecule has 2 aromatic carbocycles. The van der Waals surface area contributed by atoms with Crippen LogP contribution in [0.25, 0.3) is 11.0 Å². The fourth-order valence-electron chi connectivity index (χ4n) is 6.67. The van der Waals surface area contributed by atoms with Gasteiger partial charge in [0, 0.05) is 37.1 Å². The number of sulfonamides is 1. The number of benzene rings is 2. The highest BCUT2D eigenvalue weighted by Crippen LogP contribution is 2.50. The molecule has 1 atom stereocenters. The van der Waals surface area contributed by atoms with Crippen LogP contribution in [0.2, 0.25) is 0 Å². The van der Waals surface area contributed by atoms with Gasteiger partial charge in [-0.25, -0.2) is 17.9 Å². The number of amides is 2. The van der Waals surface area contributed by atoms with Gasteiger partial charge >= 0.3 is 5.69 Å². The molecule has 2 saturated heterocycles. The van der Waals surface area contributed by atoms with E-state index in [0.29, 0.717) is 11.9 Å². The minimum atomic E-state index is -3.58.